The zero-order valence-corrected chi connectivity index (χ0v) is 72.4. The number of halogens is 4. The Hall–Kier alpha value is -12.3. The van der Waals surface area contributed by atoms with Crippen LogP contribution in [0.1, 0.15) is 121 Å². The standard InChI is InChI=1S/C19H20N4O2.C19H16N4O2.C16H13BrN4O2.C12H14BrN3O4.C8H4BrN3O3.C4H4BrN3.Y/c2*1-3-4-16-21-11-15-17(23-16)18(24)14(10-20-15)19(25)22-9-13-7-5-12(2)6-8-13;1-9-2-4-10(5-3-9)6-19-15(23)11-7-18-12-8-20-16(17)21-13(12)14(11)22;1-3-19-10(17)9(11(18)20-4-2)7-14-8-5-15-12(13)16-6-8;9-8-11-2-4-5(12-8)6(13)3(1-10-4)7(14)15;5-4-7-1-3(6)2-8-4;/h5-8,10-11H,3-4,9H2,1-2H3,(H,20,24)(H,22,25);5-8,10-11H,9H2,1-2H3,(H,20,24)(H,22,25);2-5,7-8H,6H2,1H3,(H,18,22)(H,19,23);5-7,14H,3-4H2,1-2H3;1-2H,(H,10,13)(H,14,15);1-2H,6H2;. The van der Waals surface area contributed by atoms with Gasteiger partial charge in [-0.15, -0.1) is 0 Å². The maximum absolute atomic E-state index is 12.6. The zero-order valence-electron chi connectivity index (χ0n) is 63.3. The van der Waals surface area contributed by atoms with Crippen LogP contribution >= 0.6 is 63.7 Å². The summed E-state index contributed by atoms with van der Waals surface area (Å²) in [4.78, 5) is 179. The number of fused-ring (bicyclic) bond motifs is 4. The van der Waals surface area contributed by atoms with Crippen LogP contribution in [0.25, 0.3) is 44.1 Å². The van der Waals surface area contributed by atoms with Crippen LogP contribution < -0.4 is 48.7 Å². The minimum atomic E-state index is -1.28. The number of carbonyl (C=O) groups is 6. The Morgan fingerprint density at radius 1 is 0.470 bits per heavy atom. The molecular weight excluding hydrogens is 1850 g/mol. The van der Waals surface area contributed by atoms with Crippen molar-refractivity contribution >= 4 is 155 Å². The van der Waals surface area contributed by atoms with E-state index in [2.05, 4.69) is 177 Å². The third kappa shape index (κ3) is 27.5. The summed E-state index contributed by atoms with van der Waals surface area (Å²) in [6.07, 6.45) is 20.1. The molecule has 3 amide bonds. The van der Waals surface area contributed by atoms with Crippen molar-refractivity contribution < 1.29 is 76.1 Å². The first kappa shape index (κ1) is 91.9. The molecule has 117 heavy (non-hydrogen) atoms. The Morgan fingerprint density at radius 2 is 0.812 bits per heavy atom. The van der Waals surface area contributed by atoms with Crippen LogP contribution in [0.3, 0.4) is 0 Å². The van der Waals surface area contributed by atoms with Crippen molar-refractivity contribution in [2.45, 2.75) is 80.9 Å². The van der Waals surface area contributed by atoms with Gasteiger partial charge in [-0.25, -0.2) is 74.2 Å². The van der Waals surface area contributed by atoms with Crippen LogP contribution in [0.2, 0.25) is 0 Å². The van der Waals surface area contributed by atoms with Gasteiger partial charge in [0.2, 0.25) is 27.5 Å². The molecule has 0 saturated carbocycles. The Balaban J connectivity index is 0.000000198. The van der Waals surface area contributed by atoms with Crippen LogP contribution in [0, 0.1) is 32.6 Å². The number of hydrogen-bond acceptors (Lipinski definition) is 26. The number of pyridine rings is 4. The third-order valence-electron chi connectivity index (χ3n) is 15.5. The number of nitrogens with zero attached hydrogens (tertiary/aromatic N) is 12. The molecule has 0 unspecified atom stereocenters. The van der Waals surface area contributed by atoms with Crippen molar-refractivity contribution in [3.8, 4) is 11.8 Å². The number of carboxylic acids is 1. The summed E-state index contributed by atoms with van der Waals surface area (Å²) in [6, 6.07) is 23.5. The van der Waals surface area contributed by atoms with E-state index in [-0.39, 0.29) is 112 Å². The minimum absolute atomic E-state index is 0. The summed E-state index contributed by atoms with van der Waals surface area (Å²) >= 11 is 12.3. The van der Waals surface area contributed by atoms with E-state index in [1.807, 2.05) is 100 Å². The number of anilines is 2. The summed E-state index contributed by atoms with van der Waals surface area (Å²) in [5, 5.41) is 19.7. The van der Waals surface area contributed by atoms with E-state index in [4.69, 9.17) is 20.3 Å². The number of nitrogens with one attached hydrogen (secondary N) is 8. The number of hydrogen-bond donors (Lipinski definition) is 10. The van der Waals surface area contributed by atoms with Gasteiger partial charge in [-0.1, -0.05) is 102 Å². The topological polar surface area (TPSA) is 501 Å². The molecule has 3 aromatic carbocycles. The SMILES string of the molecule is CC#Cc1ncc2[nH]cc(C(=O)NCc3ccc(C)cc3)c(=O)c2n1.CCCc1ncc2[nH]cc(C(=O)NCc3ccc(C)cc3)c(=O)c2n1.CCOC(=O)C(=CNc1cnc(Br)nc1)C(=O)OCC.Cc1ccc(CNC(=O)c2c[nH]c3cnc(Br)nc3c2=O)cc1.Nc1cnc(Br)nc1.O=C(O)c1c[nH]c2cnc(Br)nc2c1=O.[Y]. The number of aromatic nitrogens is 16. The fourth-order valence-electron chi connectivity index (χ4n) is 9.62. The van der Waals surface area contributed by atoms with Crippen molar-refractivity contribution in [3.05, 3.63) is 286 Å². The van der Waals surface area contributed by atoms with Gasteiger partial charge in [0.1, 0.15) is 50.1 Å². The van der Waals surface area contributed by atoms with E-state index in [9.17, 15) is 47.9 Å². The number of carboxylic acid groups (broad SMARTS) is 1. The van der Waals surface area contributed by atoms with E-state index < -0.39 is 51.9 Å². The van der Waals surface area contributed by atoms with Gasteiger partial charge in [0, 0.05) is 89.8 Å². The third-order valence-corrected chi connectivity index (χ3v) is 17.1. The smallest absolute Gasteiger partial charge is 0.347 e. The second-order valence-electron chi connectivity index (χ2n) is 24.0. The zero-order chi connectivity index (χ0) is 84.0. The van der Waals surface area contributed by atoms with E-state index >= 15 is 0 Å². The van der Waals surface area contributed by atoms with Crippen LogP contribution in [0.15, 0.2) is 197 Å². The number of benzene rings is 3. The molecule has 11 N–H and O–H groups in total. The van der Waals surface area contributed by atoms with Crippen molar-refractivity contribution in [3.63, 3.8) is 0 Å². The first-order valence-corrected chi connectivity index (χ1v) is 37.9. The molecule has 0 bridgehead atoms. The monoisotopic (exact) mass is 1910 g/mol. The van der Waals surface area contributed by atoms with Gasteiger partial charge in [0.25, 0.3) is 17.7 Å². The van der Waals surface area contributed by atoms with Gasteiger partial charge in [-0.2, -0.15) is 0 Å². The second-order valence-corrected chi connectivity index (χ2v) is 26.9. The number of amides is 3. The number of aromatic amines is 4. The van der Waals surface area contributed by atoms with E-state index in [1.54, 1.807) is 27.0 Å². The molecule has 0 aliphatic carbocycles. The Kier molecular flexibility index (Phi) is 35.9. The molecule has 10 aromatic heterocycles. The fourth-order valence-corrected chi connectivity index (χ4v) is 10.6. The number of nitrogen functional groups attached to an aromatic ring is 1. The van der Waals surface area contributed by atoms with Gasteiger partial charge in [0.05, 0.1) is 96.2 Å². The summed E-state index contributed by atoms with van der Waals surface area (Å²) in [5.74, 6) is 2.14. The maximum atomic E-state index is 12.6. The Bertz CT molecular complexity index is 6040. The van der Waals surface area contributed by atoms with Gasteiger partial charge < -0.3 is 61.5 Å². The molecule has 13 aromatic rings. The molecule has 13 rings (SSSR count). The molecule has 10 heterocycles. The summed E-state index contributed by atoms with van der Waals surface area (Å²) in [5.41, 5.74) is 12.9. The normalized spacial score (nSPS) is 10.2. The molecule has 0 aliphatic rings. The minimum Gasteiger partial charge on any atom is -0.477 e. The molecule has 0 fully saturated rings. The summed E-state index contributed by atoms with van der Waals surface area (Å²) < 4.78 is 11.1. The number of esters is 2. The Labute approximate surface area is 723 Å². The average molecular weight is 1920 g/mol. The van der Waals surface area contributed by atoms with Gasteiger partial charge in [-0.05, 0) is 134 Å². The molecule has 0 atom stereocenters. The van der Waals surface area contributed by atoms with Crippen molar-refractivity contribution in [2.24, 2.45) is 0 Å². The number of aryl methyl sites for hydroxylation is 4. The first-order chi connectivity index (χ1) is 55.7. The number of nitrogens with two attached hydrogens (primary N) is 1. The molecule has 0 aliphatic heterocycles. The number of H-pyrrole nitrogens is 4. The molecule has 39 heteroatoms. The van der Waals surface area contributed by atoms with Gasteiger partial charge >= 0.3 is 17.9 Å². The van der Waals surface area contributed by atoms with Crippen molar-refractivity contribution in [1.82, 2.24) is 95.7 Å². The fraction of sp³-hybridized carbons (Fsp3) is 0.179. The van der Waals surface area contributed by atoms with E-state index in [0.717, 1.165) is 46.0 Å². The van der Waals surface area contributed by atoms with Crippen LogP contribution in [0.4, 0.5) is 11.4 Å². The predicted molar refractivity (Wildman–Crippen MR) is 445 cm³/mol. The largest absolute Gasteiger partial charge is 0.477 e. The van der Waals surface area contributed by atoms with Crippen LogP contribution in [-0.2, 0) is 77.8 Å². The molecular formula is C78H71Br4N21O13Y. The predicted octanol–water partition coefficient (Wildman–Crippen LogP) is 10.0. The van der Waals surface area contributed by atoms with Crippen molar-refractivity contribution in [2.75, 3.05) is 24.3 Å². The first-order valence-electron chi connectivity index (χ1n) is 34.7. The molecule has 0 saturated heterocycles. The molecule has 1 radical (unpaired) electrons. The van der Waals surface area contributed by atoms with Crippen LogP contribution in [0.5, 0.6) is 0 Å². The van der Waals surface area contributed by atoms with E-state index in [1.165, 1.54) is 68.2 Å². The maximum Gasteiger partial charge on any atom is 0.347 e. The number of aromatic carboxylic acids is 1. The Morgan fingerprint density at radius 3 is 1.18 bits per heavy atom. The number of carbonyl (C=O) groups excluding carboxylic acids is 5. The van der Waals surface area contributed by atoms with Crippen molar-refractivity contribution in [1.29, 1.82) is 0 Å². The van der Waals surface area contributed by atoms with Gasteiger partial charge in [-0.3, -0.25) is 33.6 Å². The average Bonchev–Trinajstić information content (AvgIpc) is 0.791. The number of rotatable bonds is 18. The van der Waals surface area contributed by atoms with Gasteiger partial charge in [0.15, 0.2) is 24.5 Å². The van der Waals surface area contributed by atoms with Crippen LogP contribution in [-0.4, -0.2) is 134 Å². The second kappa shape index (κ2) is 45.7. The summed E-state index contributed by atoms with van der Waals surface area (Å²) in [7, 11) is 0. The molecule has 597 valence electrons. The summed E-state index contributed by atoms with van der Waals surface area (Å²) in [6.45, 7) is 14.4. The quantitative estimate of drug-likeness (QED) is 0.00953. The van der Waals surface area contributed by atoms with E-state index in [0.29, 0.717) is 79.5 Å². The molecule has 0 spiro atoms. The number of ether oxygens (including phenoxy) is 2. The molecule has 34 nitrogen and oxygen atoms in total.